The summed E-state index contributed by atoms with van der Waals surface area (Å²) < 4.78 is 1.40. The van der Waals surface area contributed by atoms with E-state index in [1.807, 2.05) is 12.1 Å². The first-order valence-electron chi connectivity index (χ1n) is 6.94. The second-order valence-electron chi connectivity index (χ2n) is 6.13. The van der Waals surface area contributed by atoms with Gasteiger partial charge in [-0.2, -0.15) is 5.26 Å². The number of nitriles is 1. The molecule has 22 heavy (non-hydrogen) atoms. The standard InChI is InChI=1S/C17H15N3O2/c1-17(2)7-12-4-3-11(9-18)5-13(12)14(8-17)20-10-19-15(21)6-16(20)22/h3-6,8,10,21H,7H2,1-2H3. The first-order valence-corrected chi connectivity index (χ1v) is 6.94. The lowest BCUT2D eigenvalue weighted by atomic mass is 9.77. The Bertz CT molecular complexity index is 886. The average molecular weight is 293 g/mol. The van der Waals surface area contributed by atoms with Crippen molar-refractivity contribution in [2.24, 2.45) is 5.41 Å². The summed E-state index contributed by atoms with van der Waals surface area (Å²) in [6, 6.07) is 8.71. The van der Waals surface area contributed by atoms with Gasteiger partial charge >= 0.3 is 0 Å². The van der Waals surface area contributed by atoms with Crippen LogP contribution in [0.5, 0.6) is 5.88 Å². The molecule has 0 atom stereocenters. The van der Waals surface area contributed by atoms with E-state index in [-0.39, 0.29) is 16.9 Å². The third kappa shape index (κ3) is 2.40. The van der Waals surface area contributed by atoms with Crippen molar-refractivity contribution in [1.82, 2.24) is 9.55 Å². The number of aromatic nitrogens is 2. The summed E-state index contributed by atoms with van der Waals surface area (Å²) in [6.07, 6.45) is 4.15. The molecule has 0 saturated heterocycles. The number of rotatable bonds is 1. The Morgan fingerprint density at radius 2 is 2.14 bits per heavy atom. The minimum Gasteiger partial charge on any atom is -0.493 e. The van der Waals surface area contributed by atoms with Gasteiger partial charge in [-0.25, -0.2) is 4.98 Å². The summed E-state index contributed by atoms with van der Waals surface area (Å²) in [5, 5.41) is 18.4. The molecule has 2 aromatic rings. The van der Waals surface area contributed by atoms with Crippen molar-refractivity contribution in [2.75, 3.05) is 0 Å². The molecular weight excluding hydrogens is 278 g/mol. The van der Waals surface area contributed by atoms with Crippen LogP contribution in [0.3, 0.4) is 0 Å². The molecule has 0 radical (unpaired) electrons. The van der Waals surface area contributed by atoms with Crippen molar-refractivity contribution in [3.8, 4) is 11.9 Å². The molecule has 0 aliphatic heterocycles. The van der Waals surface area contributed by atoms with Crippen molar-refractivity contribution in [1.29, 1.82) is 5.26 Å². The van der Waals surface area contributed by atoms with E-state index in [1.54, 1.807) is 12.1 Å². The molecule has 3 rings (SSSR count). The van der Waals surface area contributed by atoms with Crippen LogP contribution in [-0.2, 0) is 6.42 Å². The zero-order chi connectivity index (χ0) is 15.9. The van der Waals surface area contributed by atoms with Gasteiger partial charge in [0, 0.05) is 5.56 Å². The van der Waals surface area contributed by atoms with Gasteiger partial charge in [0.2, 0.25) is 5.88 Å². The lowest BCUT2D eigenvalue weighted by molar-refractivity contribution is 0.448. The Balaban J connectivity index is 2.27. The highest BCUT2D eigenvalue weighted by Crippen LogP contribution is 2.37. The van der Waals surface area contributed by atoms with E-state index < -0.39 is 0 Å². The largest absolute Gasteiger partial charge is 0.493 e. The molecule has 0 saturated carbocycles. The first kappa shape index (κ1) is 14.1. The summed E-state index contributed by atoms with van der Waals surface area (Å²) in [7, 11) is 0. The first-order chi connectivity index (χ1) is 10.4. The highest BCUT2D eigenvalue weighted by atomic mass is 16.3. The maximum atomic E-state index is 12.2. The van der Waals surface area contributed by atoms with Crippen LogP contribution in [0.2, 0.25) is 0 Å². The fraction of sp³-hybridized carbons (Fsp3) is 0.235. The highest BCUT2D eigenvalue weighted by molar-refractivity contribution is 5.72. The van der Waals surface area contributed by atoms with Crippen LogP contribution < -0.4 is 5.56 Å². The van der Waals surface area contributed by atoms with Gasteiger partial charge < -0.3 is 5.11 Å². The Kier molecular flexibility index (Phi) is 3.10. The van der Waals surface area contributed by atoms with Gasteiger partial charge in [0.1, 0.15) is 6.33 Å². The van der Waals surface area contributed by atoms with Crippen molar-refractivity contribution >= 4 is 5.70 Å². The van der Waals surface area contributed by atoms with Crippen LogP contribution in [0.1, 0.15) is 30.5 Å². The predicted octanol–water partition coefficient (Wildman–Crippen LogP) is 2.29. The molecule has 0 unspecified atom stereocenters. The summed E-state index contributed by atoms with van der Waals surface area (Å²) in [5.74, 6) is -0.303. The van der Waals surface area contributed by atoms with Crippen LogP contribution >= 0.6 is 0 Å². The van der Waals surface area contributed by atoms with E-state index in [0.29, 0.717) is 11.3 Å². The minimum atomic E-state index is -0.357. The molecule has 5 nitrogen and oxygen atoms in total. The molecule has 0 amide bonds. The Morgan fingerprint density at radius 3 is 2.82 bits per heavy atom. The number of nitrogens with zero attached hydrogens (tertiary/aromatic N) is 3. The van der Waals surface area contributed by atoms with Crippen molar-refractivity contribution in [3.63, 3.8) is 0 Å². The van der Waals surface area contributed by atoms with Crippen LogP contribution in [0.4, 0.5) is 0 Å². The smallest absolute Gasteiger partial charge is 0.261 e. The van der Waals surface area contributed by atoms with Gasteiger partial charge in [-0.15, -0.1) is 0 Å². The predicted molar refractivity (Wildman–Crippen MR) is 82.2 cm³/mol. The fourth-order valence-electron chi connectivity index (χ4n) is 2.80. The van der Waals surface area contributed by atoms with Crippen molar-refractivity contribution < 1.29 is 5.11 Å². The van der Waals surface area contributed by atoms with Gasteiger partial charge in [0.15, 0.2) is 0 Å². The van der Waals surface area contributed by atoms with Crippen LogP contribution in [0.25, 0.3) is 5.70 Å². The third-order valence-corrected chi connectivity index (χ3v) is 3.74. The van der Waals surface area contributed by atoms with Gasteiger partial charge in [-0.3, -0.25) is 9.36 Å². The average Bonchev–Trinajstić information content (AvgIpc) is 2.45. The molecule has 0 fully saturated rings. The van der Waals surface area contributed by atoms with Crippen molar-refractivity contribution in [3.05, 3.63) is 63.7 Å². The Morgan fingerprint density at radius 1 is 1.36 bits per heavy atom. The second-order valence-corrected chi connectivity index (χ2v) is 6.13. The SMILES string of the molecule is CC1(C)C=C(n2cnc(O)cc2=O)c2cc(C#N)ccc2C1. The molecule has 1 N–H and O–H groups in total. The van der Waals surface area contributed by atoms with Gasteiger partial charge in [0.25, 0.3) is 5.56 Å². The summed E-state index contributed by atoms with van der Waals surface area (Å²) in [5.41, 5.74) is 2.71. The molecule has 1 aromatic heterocycles. The van der Waals surface area contributed by atoms with Gasteiger partial charge in [-0.05, 0) is 29.5 Å². The van der Waals surface area contributed by atoms with Gasteiger partial charge in [-0.1, -0.05) is 26.0 Å². The van der Waals surface area contributed by atoms with Gasteiger partial charge in [0.05, 0.1) is 23.4 Å². The van der Waals surface area contributed by atoms with E-state index in [4.69, 9.17) is 5.26 Å². The van der Waals surface area contributed by atoms with E-state index in [2.05, 4.69) is 24.9 Å². The molecule has 5 heteroatoms. The number of allylic oxidation sites excluding steroid dienone is 1. The summed E-state index contributed by atoms with van der Waals surface area (Å²) in [4.78, 5) is 16.0. The zero-order valence-electron chi connectivity index (χ0n) is 12.4. The molecule has 1 aliphatic rings. The highest BCUT2D eigenvalue weighted by Gasteiger charge is 2.26. The number of aromatic hydroxyl groups is 1. The van der Waals surface area contributed by atoms with E-state index in [0.717, 1.165) is 23.6 Å². The molecule has 0 spiro atoms. The molecule has 1 aliphatic carbocycles. The summed E-state index contributed by atoms with van der Waals surface area (Å²) in [6.45, 7) is 4.18. The molecule has 0 bridgehead atoms. The van der Waals surface area contributed by atoms with E-state index in [9.17, 15) is 9.90 Å². The zero-order valence-corrected chi connectivity index (χ0v) is 12.4. The van der Waals surface area contributed by atoms with Crippen molar-refractivity contribution in [2.45, 2.75) is 20.3 Å². The second kappa shape index (κ2) is 4.85. The Hall–Kier alpha value is -2.87. The lowest BCUT2D eigenvalue weighted by Gasteiger charge is -2.30. The quantitative estimate of drug-likeness (QED) is 0.875. The molecule has 1 aromatic carbocycles. The number of benzene rings is 1. The lowest BCUT2D eigenvalue weighted by Crippen LogP contribution is -2.26. The maximum absolute atomic E-state index is 12.2. The number of hydrogen-bond acceptors (Lipinski definition) is 4. The van der Waals surface area contributed by atoms with E-state index >= 15 is 0 Å². The molecule has 110 valence electrons. The topological polar surface area (TPSA) is 78.9 Å². The Labute approximate surface area is 127 Å². The normalized spacial score (nSPS) is 15.6. The maximum Gasteiger partial charge on any atom is 0.261 e. The minimum absolute atomic E-state index is 0.117. The van der Waals surface area contributed by atoms with E-state index in [1.165, 1.54) is 10.9 Å². The summed E-state index contributed by atoms with van der Waals surface area (Å²) >= 11 is 0. The fourth-order valence-corrected chi connectivity index (χ4v) is 2.80. The van der Waals surface area contributed by atoms with Crippen LogP contribution in [-0.4, -0.2) is 14.7 Å². The number of fused-ring (bicyclic) bond motifs is 1. The molecular formula is C17H15N3O2. The van der Waals surface area contributed by atoms with Crippen LogP contribution in [0.15, 0.2) is 41.5 Å². The third-order valence-electron chi connectivity index (χ3n) is 3.74. The number of hydrogen-bond donors (Lipinski definition) is 1. The monoisotopic (exact) mass is 293 g/mol. The van der Waals surface area contributed by atoms with Crippen LogP contribution in [0, 0.1) is 16.7 Å². The molecule has 1 heterocycles.